The van der Waals surface area contributed by atoms with E-state index in [0.29, 0.717) is 12.2 Å². The van der Waals surface area contributed by atoms with Crippen LogP contribution < -0.4 is 4.74 Å². The Morgan fingerprint density at radius 3 is 3.08 bits per heavy atom. The molecule has 12 heavy (non-hydrogen) atoms. The minimum atomic E-state index is 0.630. The zero-order valence-electron chi connectivity index (χ0n) is 6.30. The SMILES string of the molecule is N#Cc1ccc(Br)c2c1OCC2. The molecule has 0 saturated heterocycles. The van der Waals surface area contributed by atoms with Gasteiger partial charge >= 0.3 is 0 Å². The summed E-state index contributed by atoms with van der Waals surface area (Å²) < 4.78 is 6.38. The van der Waals surface area contributed by atoms with E-state index in [2.05, 4.69) is 22.0 Å². The normalized spacial score (nSPS) is 13.3. The Hall–Kier alpha value is -1.01. The lowest BCUT2D eigenvalue weighted by atomic mass is 10.1. The third-order valence-corrected chi connectivity index (χ3v) is 2.67. The summed E-state index contributed by atoms with van der Waals surface area (Å²) in [5, 5.41) is 8.75. The highest BCUT2D eigenvalue weighted by Crippen LogP contribution is 2.34. The van der Waals surface area contributed by atoms with E-state index < -0.39 is 0 Å². The third kappa shape index (κ3) is 0.997. The molecule has 2 rings (SSSR count). The maximum absolute atomic E-state index is 8.75. The van der Waals surface area contributed by atoms with E-state index in [1.54, 1.807) is 6.07 Å². The Balaban J connectivity index is 2.66. The Morgan fingerprint density at radius 2 is 2.33 bits per heavy atom. The van der Waals surface area contributed by atoms with Crippen molar-refractivity contribution in [1.29, 1.82) is 5.26 Å². The predicted molar refractivity (Wildman–Crippen MR) is 48.1 cm³/mol. The van der Waals surface area contributed by atoms with Gasteiger partial charge in [-0.15, -0.1) is 0 Å². The van der Waals surface area contributed by atoms with Gasteiger partial charge in [0.1, 0.15) is 11.8 Å². The van der Waals surface area contributed by atoms with Crippen molar-refractivity contribution in [3.63, 3.8) is 0 Å². The van der Waals surface area contributed by atoms with Gasteiger partial charge in [0.25, 0.3) is 0 Å². The molecule has 1 aromatic rings. The molecule has 60 valence electrons. The Bertz CT molecular complexity index is 368. The van der Waals surface area contributed by atoms with E-state index in [0.717, 1.165) is 22.2 Å². The number of rotatable bonds is 0. The number of nitrogens with zero attached hydrogens (tertiary/aromatic N) is 1. The molecule has 1 aliphatic rings. The lowest BCUT2D eigenvalue weighted by Crippen LogP contribution is -1.88. The van der Waals surface area contributed by atoms with Crippen molar-refractivity contribution in [2.75, 3.05) is 6.61 Å². The van der Waals surface area contributed by atoms with Gasteiger partial charge < -0.3 is 4.74 Å². The topological polar surface area (TPSA) is 33.0 Å². The van der Waals surface area contributed by atoms with Gasteiger partial charge in [-0.3, -0.25) is 0 Å². The molecule has 0 aliphatic carbocycles. The fourth-order valence-corrected chi connectivity index (χ4v) is 1.86. The number of fused-ring (bicyclic) bond motifs is 1. The van der Waals surface area contributed by atoms with E-state index in [1.165, 1.54) is 0 Å². The summed E-state index contributed by atoms with van der Waals surface area (Å²) in [7, 11) is 0. The van der Waals surface area contributed by atoms with Crippen molar-refractivity contribution in [2.45, 2.75) is 6.42 Å². The minimum Gasteiger partial charge on any atom is -0.492 e. The van der Waals surface area contributed by atoms with E-state index in [1.807, 2.05) is 6.07 Å². The molecule has 3 heteroatoms. The summed E-state index contributed by atoms with van der Waals surface area (Å²) in [6, 6.07) is 5.78. The number of benzene rings is 1. The second-order valence-corrected chi connectivity index (χ2v) is 3.47. The first-order chi connectivity index (χ1) is 5.83. The monoisotopic (exact) mass is 223 g/mol. The van der Waals surface area contributed by atoms with Crippen LogP contribution in [0.5, 0.6) is 5.75 Å². The molecule has 0 N–H and O–H groups in total. The summed E-state index contributed by atoms with van der Waals surface area (Å²) in [5.74, 6) is 0.756. The maximum Gasteiger partial charge on any atom is 0.141 e. The minimum absolute atomic E-state index is 0.630. The highest BCUT2D eigenvalue weighted by molar-refractivity contribution is 9.10. The lowest BCUT2D eigenvalue weighted by Gasteiger charge is -2.01. The molecule has 0 spiro atoms. The lowest BCUT2D eigenvalue weighted by molar-refractivity contribution is 0.356. The predicted octanol–water partition coefficient (Wildman–Crippen LogP) is 2.26. The van der Waals surface area contributed by atoms with Crippen molar-refractivity contribution in [2.24, 2.45) is 0 Å². The van der Waals surface area contributed by atoms with Gasteiger partial charge in [-0.05, 0) is 12.1 Å². The van der Waals surface area contributed by atoms with Crippen molar-refractivity contribution in [1.82, 2.24) is 0 Å². The Morgan fingerprint density at radius 1 is 1.50 bits per heavy atom. The Kier molecular flexibility index (Phi) is 1.78. The van der Waals surface area contributed by atoms with Crippen LogP contribution in [0.3, 0.4) is 0 Å². The van der Waals surface area contributed by atoms with Crippen LogP contribution in [0.1, 0.15) is 11.1 Å². The highest BCUT2D eigenvalue weighted by atomic mass is 79.9. The van der Waals surface area contributed by atoms with Crippen molar-refractivity contribution < 1.29 is 4.74 Å². The van der Waals surface area contributed by atoms with Gasteiger partial charge in [0.2, 0.25) is 0 Å². The van der Waals surface area contributed by atoms with Crippen LogP contribution in [0.4, 0.5) is 0 Å². The standard InChI is InChI=1S/C9H6BrNO/c10-8-2-1-6(5-11)9-7(8)3-4-12-9/h1-2H,3-4H2. The van der Waals surface area contributed by atoms with Crippen molar-refractivity contribution in [3.05, 3.63) is 27.7 Å². The zero-order chi connectivity index (χ0) is 8.55. The first-order valence-electron chi connectivity index (χ1n) is 3.67. The molecule has 2 nitrogen and oxygen atoms in total. The average Bonchev–Trinajstić information content (AvgIpc) is 2.54. The molecule has 0 saturated carbocycles. The van der Waals surface area contributed by atoms with Gasteiger partial charge in [0.05, 0.1) is 12.2 Å². The van der Waals surface area contributed by atoms with Gasteiger partial charge in [0, 0.05) is 16.5 Å². The number of ether oxygens (including phenoxy) is 1. The fourth-order valence-electron chi connectivity index (χ4n) is 1.34. The van der Waals surface area contributed by atoms with Crippen LogP contribution in [0, 0.1) is 11.3 Å². The summed E-state index contributed by atoms with van der Waals surface area (Å²) in [5.41, 5.74) is 1.75. The number of nitriles is 1. The molecular weight excluding hydrogens is 218 g/mol. The fraction of sp³-hybridized carbons (Fsp3) is 0.222. The molecule has 1 aliphatic heterocycles. The van der Waals surface area contributed by atoms with Crippen LogP contribution in [0.25, 0.3) is 0 Å². The first kappa shape index (κ1) is 7.63. The quantitative estimate of drug-likeness (QED) is 0.677. The summed E-state index contributed by atoms with van der Waals surface area (Å²) >= 11 is 3.42. The van der Waals surface area contributed by atoms with Crippen molar-refractivity contribution >= 4 is 15.9 Å². The second-order valence-electron chi connectivity index (χ2n) is 2.61. The van der Waals surface area contributed by atoms with Crippen LogP contribution in [-0.4, -0.2) is 6.61 Å². The van der Waals surface area contributed by atoms with E-state index >= 15 is 0 Å². The number of hydrogen-bond acceptors (Lipinski definition) is 2. The van der Waals surface area contributed by atoms with Crippen molar-refractivity contribution in [3.8, 4) is 11.8 Å². The number of hydrogen-bond donors (Lipinski definition) is 0. The number of halogens is 1. The summed E-state index contributed by atoms with van der Waals surface area (Å²) in [6.45, 7) is 0.687. The smallest absolute Gasteiger partial charge is 0.141 e. The largest absolute Gasteiger partial charge is 0.492 e. The molecule has 0 bridgehead atoms. The van der Waals surface area contributed by atoms with Crippen LogP contribution in [0.2, 0.25) is 0 Å². The highest BCUT2D eigenvalue weighted by Gasteiger charge is 2.18. The zero-order valence-corrected chi connectivity index (χ0v) is 7.89. The third-order valence-electron chi connectivity index (χ3n) is 1.92. The second kappa shape index (κ2) is 2.80. The molecule has 0 atom stereocenters. The van der Waals surface area contributed by atoms with Gasteiger partial charge in [-0.25, -0.2) is 0 Å². The molecule has 0 radical (unpaired) electrons. The summed E-state index contributed by atoms with van der Waals surface area (Å²) in [4.78, 5) is 0. The first-order valence-corrected chi connectivity index (χ1v) is 4.46. The molecule has 0 fully saturated rings. The van der Waals surface area contributed by atoms with Crippen LogP contribution in [0.15, 0.2) is 16.6 Å². The van der Waals surface area contributed by atoms with E-state index in [9.17, 15) is 0 Å². The van der Waals surface area contributed by atoms with Crippen LogP contribution in [-0.2, 0) is 6.42 Å². The molecule has 1 aromatic carbocycles. The molecule has 0 unspecified atom stereocenters. The van der Waals surface area contributed by atoms with Crippen LogP contribution >= 0.6 is 15.9 Å². The average molecular weight is 224 g/mol. The molecule has 0 aromatic heterocycles. The van der Waals surface area contributed by atoms with E-state index in [-0.39, 0.29) is 0 Å². The molecule has 1 heterocycles. The van der Waals surface area contributed by atoms with Gasteiger partial charge in [0.15, 0.2) is 0 Å². The van der Waals surface area contributed by atoms with Gasteiger partial charge in [-0.2, -0.15) is 5.26 Å². The summed E-state index contributed by atoms with van der Waals surface area (Å²) in [6.07, 6.45) is 0.894. The maximum atomic E-state index is 8.75. The molecular formula is C9H6BrNO. The molecule has 0 amide bonds. The van der Waals surface area contributed by atoms with E-state index in [4.69, 9.17) is 10.00 Å². The Labute approximate surface area is 78.9 Å². The van der Waals surface area contributed by atoms with Gasteiger partial charge in [-0.1, -0.05) is 15.9 Å².